The van der Waals surface area contributed by atoms with E-state index in [0.717, 1.165) is 6.42 Å². The van der Waals surface area contributed by atoms with E-state index in [-0.39, 0.29) is 17.4 Å². The first kappa shape index (κ1) is 14.8. The Morgan fingerprint density at radius 3 is 2.19 bits per heavy atom. The lowest BCUT2D eigenvalue weighted by Gasteiger charge is -2.24. The molecule has 0 aromatic rings. The fourth-order valence-corrected chi connectivity index (χ4v) is 1.65. The number of hydrogen-bond donors (Lipinski definition) is 2. The largest absolute Gasteiger partial charge is 0.393 e. The standard InChI is InChI=1S/C10H19N3O2S/c1-3-5-7(9(12)16)10(15)13(4-2)6-8(11)14/h7H,3-6H2,1-2H3,(H2,11,14)(H2,12,16). The highest BCUT2D eigenvalue weighted by Crippen LogP contribution is 2.11. The summed E-state index contributed by atoms with van der Waals surface area (Å²) in [4.78, 5) is 24.3. The smallest absolute Gasteiger partial charge is 0.237 e. The molecule has 6 heteroatoms. The summed E-state index contributed by atoms with van der Waals surface area (Å²) in [5.74, 6) is -1.23. The minimum atomic E-state index is -0.534. The van der Waals surface area contributed by atoms with Gasteiger partial charge in [0.2, 0.25) is 11.8 Å². The maximum absolute atomic E-state index is 12.0. The number of thiocarbonyl (C=S) groups is 1. The molecule has 1 atom stereocenters. The van der Waals surface area contributed by atoms with Crippen molar-refractivity contribution in [2.45, 2.75) is 26.7 Å². The van der Waals surface area contributed by atoms with Gasteiger partial charge in [0.25, 0.3) is 0 Å². The minimum Gasteiger partial charge on any atom is -0.393 e. The lowest BCUT2D eigenvalue weighted by atomic mass is 10.0. The summed E-state index contributed by atoms with van der Waals surface area (Å²) in [5, 5.41) is 0. The van der Waals surface area contributed by atoms with Gasteiger partial charge in [0.1, 0.15) is 0 Å². The van der Waals surface area contributed by atoms with Crippen molar-refractivity contribution in [2.24, 2.45) is 17.4 Å². The maximum Gasteiger partial charge on any atom is 0.237 e. The van der Waals surface area contributed by atoms with Crippen molar-refractivity contribution < 1.29 is 9.59 Å². The fraction of sp³-hybridized carbons (Fsp3) is 0.700. The number of hydrogen-bond acceptors (Lipinski definition) is 3. The molecular formula is C10H19N3O2S. The van der Waals surface area contributed by atoms with E-state index in [0.29, 0.717) is 13.0 Å². The van der Waals surface area contributed by atoms with Gasteiger partial charge in [0, 0.05) is 6.54 Å². The molecule has 0 aliphatic rings. The minimum absolute atomic E-state index is 0.0852. The number of carbonyl (C=O) groups is 2. The molecule has 0 fully saturated rings. The molecule has 0 bridgehead atoms. The predicted octanol–water partition coefficient (Wildman–Crippen LogP) is 0.0226. The van der Waals surface area contributed by atoms with E-state index in [9.17, 15) is 9.59 Å². The summed E-state index contributed by atoms with van der Waals surface area (Å²) in [6.07, 6.45) is 1.41. The second-order valence-corrected chi connectivity index (χ2v) is 4.03. The molecule has 0 aromatic carbocycles. The van der Waals surface area contributed by atoms with E-state index >= 15 is 0 Å². The highest BCUT2D eigenvalue weighted by molar-refractivity contribution is 7.80. The van der Waals surface area contributed by atoms with Crippen LogP contribution in [0.25, 0.3) is 0 Å². The Morgan fingerprint density at radius 1 is 1.31 bits per heavy atom. The quantitative estimate of drug-likeness (QED) is 0.619. The highest BCUT2D eigenvalue weighted by Gasteiger charge is 2.25. The summed E-state index contributed by atoms with van der Waals surface area (Å²) in [5.41, 5.74) is 10.6. The second kappa shape index (κ2) is 7.16. The predicted molar refractivity (Wildman–Crippen MR) is 66.6 cm³/mol. The van der Waals surface area contributed by atoms with Gasteiger partial charge in [0.05, 0.1) is 17.5 Å². The third kappa shape index (κ3) is 4.57. The summed E-state index contributed by atoms with van der Waals surface area (Å²) in [6, 6.07) is 0. The molecule has 92 valence electrons. The average Bonchev–Trinajstić information content (AvgIpc) is 2.20. The van der Waals surface area contributed by atoms with Crippen molar-refractivity contribution in [1.29, 1.82) is 0 Å². The molecule has 5 nitrogen and oxygen atoms in total. The number of rotatable bonds is 7. The van der Waals surface area contributed by atoms with Gasteiger partial charge < -0.3 is 16.4 Å². The van der Waals surface area contributed by atoms with Gasteiger partial charge in [-0.2, -0.15) is 0 Å². The zero-order valence-electron chi connectivity index (χ0n) is 9.73. The Kier molecular flexibility index (Phi) is 6.64. The third-order valence-electron chi connectivity index (χ3n) is 2.26. The van der Waals surface area contributed by atoms with Crippen LogP contribution >= 0.6 is 12.2 Å². The monoisotopic (exact) mass is 245 g/mol. The van der Waals surface area contributed by atoms with Gasteiger partial charge in [-0.25, -0.2) is 0 Å². The van der Waals surface area contributed by atoms with Crippen LogP contribution in [-0.2, 0) is 9.59 Å². The van der Waals surface area contributed by atoms with Crippen LogP contribution in [-0.4, -0.2) is 34.8 Å². The van der Waals surface area contributed by atoms with Gasteiger partial charge in [0.15, 0.2) is 0 Å². The summed E-state index contributed by atoms with van der Waals surface area (Å²) < 4.78 is 0. The molecule has 0 spiro atoms. The Labute approximate surface area is 101 Å². The summed E-state index contributed by atoms with van der Waals surface area (Å²) >= 11 is 4.85. The molecule has 0 aliphatic heterocycles. The van der Waals surface area contributed by atoms with Crippen LogP contribution in [0.2, 0.25) is 0 Å². The molecule has 0 aromatic heterocycles. The number of likely N-dealkylation sites (N-methyl/N-ethyl adjacent to an activating group) is 1. The SMILES string of the molecule is CCCC(C(=O)N(CC)CC(N)=O)C(N)=S. The van der Waals surface area contributed by atoms with Gasteiger partial charge in [-0.15, -0.1) is 0 Å². The molecule has 0 rings (SSSR count). The van der Waals surface area contributed by atoms with Crippen molar-refractivity contribution in [3.05, 3.63) is 0 Å². The number of amides is 2. The first-order valence-corrected chi connectivity index (χ1v) is 5.71. The molecule has 1 unspecified atom stereocenters. The molecule has 0 radical (unpaired) electrons. The number of nitrogens with two attached hydrogens (primary N) is 2. The topological polar surface area (TPSA) is 89.4 Å². The van der Waals surface area contributed by atoms with Crippen LogP contribution in [0.5, 0.6) is 0 Å². The summed E-state index contributed by atoms with van der Waals surface area (Å²) in [6.45, 7) is 4.06. The number of carbonyl (C=O) groups excluding carboxylic acids is 2. The lowest BCUT2D eigenvalue weighted by molar-refractivity contribution is -0.136. The molecule has 2 amide bonds. The molecule has 0 aliphatic carbocycles. The van der Waals surface area contributed by atoms with Crippen molar-refractivity contribution in [1.82, 2.24) is 4.90 Å². The van der Waals surface area contributed by atoms with Crippen LogP contribution in [0.15, 0.2) is 0 Å². The van der Waals surface area contributed by atoms with Gasteiger partial charge >= 0.3 is 0 Å². The fourth-order valence-electron chi connectivity index (χ4n) is 1.43. The molecule has 0 saturated carbocycles. The Bertz CT molecular complexity index is 281. The molecule has 0 saturated heterocycles. The van der Waals surface area contributed by atoms with Gasteiger partial charge in [-0.1, -0.05) is 25.6 Å². The first-order chi connectivity index (χ1) is 7.43. The van der Waals surface area contributed by atoms with Gasteiger partial charge in [-0.3, -0.25) is 9.59 Å². The molecular weight excluding hydrogens is 226 g/mol. The zero-order chi connectivity index (χ0) is 12.7. The lowest BCUT2D eigenvalue weighted by Crippen LogP contribution is -2.44. The Balaban J connectivity index is 4.67. The normalized spacial score (nSPS) is 11.9. The van der Waals surface area contributed by atoms with Crippen LogP contribution < -0.4 is 11.5 Å². The second-order valence-electron chi connectivity index (χ2n) is 3.56. The highest BCUT2D eigenvalue weighted by atomic mass is 32.1. The maximum atomic E-state index is 12.0. The van der Waals surface area contributed by atoms with Crippen molar-refractivity contribution in [3.63, 3.8) is 0 Å². The average molecular weight is 245 g/mol. The van der Waals surface area contributed by atoms with Crippen LogP contribution in [0, 0.1) is 5.92 Å². The first-order valence-electron chi connectivity index (χ1n) is 5.30. The van der Waals surface area contributed by atoms with E-state index in [4.69, 9.17) is 23.7 Å². The zero-order valence-corrected chi connectivity index (χ0v) is 10.5. The van der Waals surface area contributed by atoms with E-state index in [2.05, 4.69) is 0 Å². The third-order valence-corrected chi connectivity index (χ3v) is 2.54. The summed E-state index contributed by atoms with van der Waals surface area (Å²) in [7, 11) is 0. The Morgan fingerprint density at radius 2 is 1.88 bits per heavy atom. The van der Waals surface area contributed by atoms with Crippen LogP contribution in [0.4, 0.5) is 0 Å². The Hall–Kier alpha value is -1.17. The molecule has 0 heterocycles. The molecule has 16 heavy (non-hydrogen) atoms. The van der Waals surface area contributed by atoms with Crippen molar-refractivity contribution in [2.75, 3.05) is 13.1 Å². The van der Waals surface area contributed by atoms with Gasteiger partial charge in [-0.05, 0) is 13.3 Å². The van der Waals surface area contributed by atoms with Crippen molar-refractivity contribution >= 4 is 29.0 Å². The van der Waals surface area contributed by atoms with E-state index in [1.807, 2.05) is 6.92 Å². The van der Waals surface area contributed by atoms with E-state index in [1.54, 1.807) is 6.92 Å². The van der Waals surface area contributed by atoms with Crippen molar-refractivity contribution in [3.8, 4) is 0 Å². The number of nitrogens with zero attached hydrogens (tertiary/aromatic N) is 1. The van der Waals surface area contributed by atoms with Crippen LogP contribution in [0.3, 0.4) is 0 Å². The van der Waals surface area contributed by atoms with Crippen LogP contribution in [0.1, 0.15) is 26.7 Å². The number of primary amides is 1. The van der Waals surface area contributed by atoms with E-state index < -0.39 is 11.8 Å². The van der Waals surface area contributed by atoms with E-state index in [1.165, 1.54) is 4.90 Å². The molecule has 4 N–H and O–H groups in total.